The van der Waals surface area contributed by atoms with Gasteiger partial charge in [0.15, 0.2) is 0 Å². The van der Waals surface area contributed by atoms with Gasteiger partial charge in [-0.25, -0.2) is 0 Å². The van der Waals surface area contributed by atoms with Gasteiger partial charge in [-0.3, -0.25) is 4.98 Å². The number of aromatic nitrogens is 1. The Morgan fingerprint density at radius 3 is 2.18 bits per heavy atom. The minimum atomic E-state index is 0.393. The van der Waals surface area contributed by atoms with Crippen LogP contribution in [-0.2, 0) is 5.41 Å². The summed E-state index contributed by atoms with van der Waals surface area (Å²) < 4.78 is 0. The Balaban J connectivity index is 1.77. The summed E-state index contributed by atoms with van der Waals surface area (Å²) in [4.78, 5) is 4.65. The number of nitrogen functional groups attached to an aromatic ring is 1. The first-order chi connectivity index (χ1) is 8.23. The Bertz CT molecular complexity index is 417. The van der Waals surface area contributed by atoms with Crippen molar-refractivity contribution in [3.8, 4) is 0 Å². The molecule has 4 aliphatic rings. The van der Waals surface area contributed by atoms with E-state index in [9.17, 15) is 0 Å². The first-order valence-electron chi connectivity index (χ1n) is 6.95. The number of anilines is 1. The first-order valence-corrected chi connectivity index (χ1v) is 6.95. The highest BCUT2D eigenvalue weighted by atomic mass is 14.7. The molecule has 17 heavy (non-hydrogen) atoms. The molecule has 4 saturated carbocycles. The van der Waals surface area contributed by atoms with Gasteiger partial charge in [0.2, 0.25) is 0 Å². The summed E-state index contributed by atoms with van der Waals surface area (Å²) in [5.74, 6) is 2.93. The van der Waals surface area contributed by atoms with Crippen molar-refractivity contribution in [1.29, 1.82) is 0 Å². The third-order valence-electron chi connectivity index (χ3n) is 5.37. The molecule has 0 spiro atoms. The summed E-state index contributed by atoms with van der Waals surface area (Å²) in [7, 11) is 0. The van der Waals surface area contributed by atoms with Crippen molar-refractivity contribution in [2.45, 2.75) is 43.9 Å². The van der Waals surface area contributed by atoms with E-state index in [-0.39, 0.29) is 0 Å². The van der Waals surface area contributed by atoms with Gasteiger partial charge in [0, 0.05) is 23.0 Å². The number of rotatable bonds is 1. The number of nitrogens with zero attached hydrogens (tertiary/aromatic N) is 1. The van der Waals surface area contributed by atoms with Crippen LogP contribution in [0, 0.1) is 17.8 Å². The van der Waals surface area contributed by atoms with Crippen LogP contribution in [0.15, 0.2) is 18.3 Å². The molecule has 0 radical (unpaired) electrons. The highest BCUT2D eigenvalue weighted by molar-refractivity contribution is 5.40. The van der Waals surface area contributed by atoms with E-state index in [2.05, 4.69) is 11.1 Å². The van der Waals surface area contributed by atoms with Gasteiger partial charge in [-0.1, -0.05) is 0 Å². The standard InChI is InChI=1S/C15H20N2/c16-13-1-2-17-14(6-13)15-7-10-3-11(8-15)5-12(4-10)9-15/h1-2,6,10-12H,3-5,7-9H2,(H2,16,17). The second-order valence-corrected chi connectivity index (χ2v) is 6.67. The number of hydrogen-bond donors (Lipinski definition) is 1. The average molecular weight is 228 g/mol. The Morgan fingerprint density at radius 1 is 1.06 bits per heavy atom. The molecule has 0 unspecified atom stereocenters. The molecule has 1 heterocycles. The molecule has 5 rings (SSSR count). The molecule has 0 aromatic carbocycles. The van der Waals surface area contributed by atoms with Crippen LogP contribution in [0.4, 0.5) is 5.69 Å². The summed E-state index contributed by atoms with van der Waals surface area (Å²) in [5, 5.41) is 0. The molecule has 0 aliphatic heterocycles. The lowest BCUT2D eigenvalue weighted by Gasteiger charge is -2.56. The van der Waals surface area contributed by atoms with E-state index >= 15 is 0 Å². The van der Waals surface area contributed by atoms with Crippen molar-refractivity contribution in [1.82, 2.24) is 4.98 Å². The topological polar surface area (TPSA) is 38.9 Å². The molecule has 4 aliphatic carbocycles. The Hall–Kier alpha value is -1.05. The van der Waals surface area contributed by atoms with Crippen LogP contribution in [0.5, 0.6) is 0 Å². The SMILES string of the molecule is Nc1ccnc(C23CC4CC(CC(C4)C2)C3)c1. The largest absolute Gasteiger partial charge is 0.399 e. The minimum Gasteiger partial charge on any atom is -0.399 e. The molecule has 1 aromatic heterocycles. The zero-order valence-electron chi connectivity index (χ0n) is 10.2. The molecular weight excluding hydrogens is 208 g/mol. The lowest BCUT2D eigenvalue weighted by Crippen LogP contribution is -2.48. The third-order valence-corrected chi connectivity index (χ3v) is 5.37. The molecular formula is C15H20N2. The van der Waals surface area contributed by atoms with E-state index in [1.165, 1.54) is 44.2 Å². The smallest absolute Gasteiger partial charge is 0.0486 e. The zero-order valence-corrected chi connectivity index (χ0v) is 10.2. The van der Waals surface area contributed by atoms with Crippen molar-refractivity contribution >= 4 is 5.69 Å². The number of nitrogens with two attached hydrogens (primary N) is 1. The van der Waals surface area contributed by atoms with Crippen LogP contribution in [0.25, 0.3) is 0 Å². The van der Waals surface area contributed by atoms with Gasteiger partial charge in [-0.05, 0) is 68.4 Å². The van der Waals surface area contributed by atoms with Crippen LogP contribution in [-0.4, -0.2) is 4.98 Å². The molecule has 90 valence electrons. The van der Waals surface area contributed by atoms with Gasteiger partial charge in [-0.2, -0.15) is 0 Å². The van der Waals surface area contributed by atoms with Crippen LogP contribution in [0.1, 0.15) is 44.2 Å². The summed E-state index contributed by atoms with van der Waals surface area (Å²) >= 11 is 0. The van der Waals surface area contributed by atoms with Crippen molar-refractivity contribution in [3.63, 3.8) is 0 Å². The van der Waals surface area contributed by atoms with E-state index in [0.717, 1.165) is 23.4 Å². The van der Waals surface area contributed by atoms with Gasteiger partial charge in [-0.15, -0.1) is 0 Å². The van der Waals surface area contributed by atoms with E-state index in [4.69, 9.17) is 5.73 Å². The molecule has 1 aromatic rings. The van der Waals surface area contributed by atoms with E-state index < -0.39 is 0 Å². The summed E-state index contributed by atoms with van der Waals surface area (Å²) in [6.45, 7) is 0. The third kappa shape index (κ3) is 1.42. The van der Waals surface area contributed by atoms with Gasteiger partial charge in [0.05, 0.1) is 0 Å². The van der Waals surface area contributed by atoms with E-state index in [1.54, 1.807) is 0 Å². The number of pyridine rings is 1. The molecule has 0 amide bonds. The highest BCUT2D eigenvalue weighted by Crippen LogP contribution is 2.60. The van der Waals surface area contributed by atoms with Crippen molar-refractivity contribution in [2.75, 3.05) is 5.73 Å². The zero-order chi connectivity index (χ0) is 11.5. The first kappa shape index (κ1) is 9.93. The fraction of sp³-hybridized carbons (Fsp3) is 0.667. The maximum absolute atomic E-state index is 5.94. The monoisotopic (exact) mass is 228 g/mol. The van der Waals surface area contributed by atoms with Crippen molar-refractivity contribution < 1.29 is 0 Å². The Morgan fingerprint density at radius 2 is 1.65 bits per heavy atom. The molecule has 4 fully saturated rings. The average Bonchev–Trinajstić information content (AvgIpc) is 2.27. The molecule has 4 bridgehead atoms. The van der Waals surface area contributed by atoms with Crippen molar-refractivity contribution in [3.05, 3.63) is 24.0 Å². The summed E-state index contributed by atoms with van der Waals surface area (Å²) in [6.07, 6.45) is 10.5. The number of hydrogen-bond acceptors (Lipinski definition) is 2. The second-order valence-electron chi connectivity index (χ2n) is 6.67. The predicted octanol–water partition coefficient (Wildman–Crippen LogP) is 3.13. The van der Waals surface area contributed by atoms with Gasteiger partial charge < -0.3 is 5.73 Å². The second kappa shape index (κ2) is 3.24. The maximum atomic E-state index is 5.94. The Labute approximate surface area is 103 Å². The Kier molecular flexibility index (Phi) is 1.89. The predicted molar refractivity (Wildman–Crippen MR) is 68.5 cm³/mol. The van der Waals surface area contributed by atoms with Crippen LogP contribution in [0.3, 0.4) is 0 Å². The molecule has 2 heteroatoms. The van der Waals surface area contributed by atoms with Crippen LogP contribution >= 0.6 is 0 Å². The lowest BCUT2D eigenvalue weighted by molar-refractivity contribution is -0.00716. The summed E-state index contributed by atoms with van der Waals surface area (Å²) in [5.41, 5.74) is 8.50. The molecule has 0 saturated heterocycles. The molecule has 2 N–H and O–H groups in total. The van der Waals surface area contributed by atoms with Crippen LogP contribution < -0.4 is 5.73 Å². The molecule has 0 atom stereocenters. The van der Waals surface area contributed by atoms with Gasteiger partial charge in [0.1, 0.15) is 0 Å². The fourth-order valence-corrected chi connectivity index (χ4v) is 5.16. The maximum Gasteiger partial charge on any atom is 0.0486 e. The fourth-order valence-electron chi connectivity index (χ4n) is 5.16. The van der Waals surface area contributed by atoms with Crippen molar-refractivity contribution in [2.24, 2.45) is 17.8 Å². The molecule has 2 nitrogen and oxygen atoms in total. The highest BCUT2D eigenvalue weighted by Gasteiger charge is 2.52. The van der Waals surface area contributed by atoms with Crippen LogP contribution in [0.2, 0.25) is 0 Å². The normalized spacial score (nSPS) is 42.9. The minimum absolute atomic E-state index is 0.393. The van der Waals surface area contributed by atoms with Gasteiger partial charge >= 0.3 is 0 Å². The quantitative estimate of drug-likeness (QED) is 0.802. The summed E-state index contributed by atoms with van der Waals surface area (Å²) in [6, 6.07) is 4.04. The van der Waals surface area contributed by atoms with Gasteiger partial charge in [0.25, 0.3) is 0 Å². The van der Waals surface area contributed by atoms with E-state index in [1.807, 2.05) is 12.3 Å². The van der Waals surface area contributed by atoms with E-state index in [0.29, 0.717) is 5.41 Å². The lowest BCUT2D eigenvalue weighted by atomic mass is 9.49.